The van der Waals surface area contributed by atoms with Crippen molar-refractivity contribution in [3.63, 3.8) is 0 Å². The van der Waals surface area contributed by atoms with Gasteiger partial charge in [0.25, 0.3) is 11.5 Å². The van der Waals surface area contributed by atoms with Crippen molar-refractivity contribution in [2.75, 3.05) is 32.8 Å². The Bertz CT molecular complexity index is 1550. The maximum atomic E-state index is 12.7. The lowest BCUT2D eigenvalue weighted by Gasteiger charge is -2.42. The lowest BCUT2D eigenvalue weighted by molar-refractivity contribution is -0.123. The van der Waals surface area contributed by atoms with E-state index in [2.05, 4.69) is 16.3 Å². The highest BCUT2D eigenvalue weighted by atomic mass is 16.5. The minimum Gasteiger partial charge on any atom is -0.487 e. The molecule has 0 radical (unpaired) electrons. The molecule has 9 nitrogen and oxygen atoms in total. The van der Waals surface area contributed by atoms with E-state index in [1.807, 2.05) is 37.5 Å². The fourth-order valence-corrected chi connectivity index (χ4v) is 6.46. The summed E-state index contributed by atoms with van der Waals surface area (Å²) in [5.74, 6) is 1.67. The van der Waals surface area contributed by atoms with Gasteiger partial charge in [-0.2, -0.15) is 0 Å². The predicted molar refractivity (Wildman–Crippen MR) is 147 cm³/mol. The Morgan fingerprint density at radius 1 is 1.18 bits per heavy atom. The molecule has 2 aromatic heterocycles. The molecule has 2 unspecified atom stereocenters. The summed E-state index contributed by atoms with van der Waals surface area (Å²) in [6, 6.07) is 8.81. The van der Waals surface area contributed by atoms with Crippen LogP contribution in [0.5, 0.6) is 11.5 Å². The van der Waals surface area contributed by atoms with Gasteiger partial charge < -0.3 is 28.7 Å². The number of nitrogens with one attached hydrogen (secondary N) is 1. The number of benzene rings is 1. The Labute approximate surface area is 226 Å². The number of nitrogens with zero attached hydrogens (tertiary/aromatic N) is 2. The van der Waals surface area contributed by atoms with Crippen LogP contribution < -0.4 is 26.0 Å². The molecular formula is C30H35N3O6. The maximum absolute atomic E-state index is 12.7. The van der Waals surface area contributed by atoms with E-state index in [0.717, 1.165) is 62.3 Å². The van der Waals surface area contributed by atoms with E-state index in [1.54, 1.807) is 6.07 Å². The van der Waals surface area contributed by atoms with Crippen LogP contribution in [0.3, 0.4) is 0 Å². The average Bonchev–Trinajstić information content (AvgIpc) is 2.87. The SMILES string of the molecule is Cc1cc(=O)oc2c3c(cc(OCC(=O)NCCN4CC5CC(C4)c4cccc(=O)n4C5)c12)OC(C)(C)CC3. The number of rotatable bonds is 6. The molecule has 2 atom stereocenters. The number of ether oxygens (including phenoxy) is 2. The summed E-state index contributed by atoms with van der Waals surface area (Å²) in [7, 11) is 0. The van der Waals surface area contributed by atoms with E-state index in [1.165, 1.54) is 6.07 Å². The first-order valence-electron chi connectivity index (χ1n) is 13.8. The van der Waals surface area contributed by atoms with Gasteiger partial charge in [0.2, 0.25) is 0 Å². The fraction of sp³-hybridized carbons (Fsp3) is 0.500. The minimum absolute atomic E-state index is 0.0854. The number of carbonyl (C=O) groups is 1. The number of fused-ring (bicyclic) bond motifs is 7. The first kappa shape index (κ1) is 25.7. The van der Waals surface area contributed by atoms with E-state index < -0.39 is 5.63 Å². The summed E-state index contributed by atoms with van der Waals surface area (Å²) in [6.07, 6.45) is 2.64. The standard InChI is InChI=1S/C30H35N3O6/c1-18-11-27(36)38-29-21-7-8-30(2,3)39-23(21)13-24(28(18)29)37-17-25(34)31-9-10-32-14-19-12-20(16-32)22-5-4-6-26(35)33(22)15-19/h4-6,11,13,19-20H,7-10,12,14-17H2,1-3H3,(H,31,34). The van der Waals surface area contributed by atoms with Crippen LogP contribution in [0.2, 0.25) is 0 Å². The molecule has 0 saturated carbocycles. The van der Waals surface area contributed by atoms with Crippen molar-refractivity contribution in [3.05, 3.63) is 67.9 Å². The summed E-state index contributed by atoms with van der Waals surface area (Å²) in [5, 5.41) is 3.67. The first-order chi connectivity index (χ1) is 18.7. The van der Waals surface area contributed by atoms with Crippen molar-refractivity contribution >= 4 is 16.9 Å². The molecule has 0 aliphatic carbocycles. The van der Waals surface area contributed by atoms with Crippen LogP contribution >= 0.6 is 0 Å². The molecule has 1 fully saturated rings. The molecule has 2 bridgehead atoms. The second-order valence-electron chi connectivity index (χ2n) is 11.8. The highest BCUT2D eigenvalue weighted by Gasteiger charge is 2.34. The lowest BCUT2D eigenvalue weighted by atomic mass is 9.83. The van der Waals surface area contributed by atoms with Crippen molar-refractivity contribution in [1.29, 1.82) is 0 Å². The van der Waals surface area contributed by atoms with Crippen LogP contribution in [0.25, 0.3) is 11.0 Å². The van der Waals surface area contributed by atoms with Crippen molar-refractivity contribution < 1.29 is 18.7 Å². The molecule has 3 aliphatic heterocycles. The zero-order valence-corrected chi connectivity index (χ0v) is 22.7. The molecule has 6 rings (SSSR count). The number of carbonyl (C=O) groups excluding carboxylic acids is 1. The van der Waals surface area contributed by atoms with E-state index >= 15 is 0 Å². The van der Waals surface area contributed by atoms with Gasteiger partial charge in [-0.3, -0.25) is 9.59 Å². The number of amides is 1. The van der Waals surface area contributed by atoms with Gasteiger partial charge in [0.05, 0.1) is 5.39 Å². The molecular weight excluding hydrogens is 498 g/mol. The number of hydrogen-bond donors (Lipinski definition) is 1. The van der Waals surface area contributed by atoms with Crippen molar-refractivity contribution in [1.82, 2.24) is 14.8 Å². The van der Waals surface area contributed by atoms with E-state index in [4.69, 9.17) is 13.9 Å². The quantitative estimate of drug-likeness (QED) is 0.486. The highest BCUT2D eigenvalue weighted by Crippen LogP contribution is 2.42. The summed E-state index contributed by atoms with van der Waals surface area (Å²) in [5.41, 5.74) is 2.52. The minimum atomic E-state index is -0.417. The van der Waals surface area contributed by atoms with Crippen LogP contribution in [0.15, 0.2) is 44.3 Å². The van der Waals surface area contributed by atoms with Crippen LogP contribution in [0.4, 0.5) is 0 Å². The molecule has 206 valence electrons. The summed E-state index contributed by atoms with van der Waals surface area (Å²) in [6.45, 7) is 9.55. The van der Waals surface area contributed by atoms with Gasteiger partial charge in [0.15, 0.2) is 6.61 Å². The fourth-order valence-electron chi connectivity index (χ4n) is 6.46. The van der Waals surface area contributed by atoms with Crippen LogP contribution in [0.1, 0.15) is 49.4 Å². The van der Waals surface area contributed by atoms with Crippen LogP contribution in [-0.2, 0) is 17.8 Å². The third-order valence-electron chi connectivity index (χ3n) is 8.27. The zero-order chi connectivity index (χ0) is 27.3. The Hall–Kier alpha value is -3.59. The van der Waals surface area contributed by atoms with Crippen LogP contribution in [-0.4, -0.2) is 53.8 Å². The molecule has 1 aromatic carbocycles. The van der Waals surface area contributed by atoms with Gasteiger partial charge in [-0.05, 0) is 57.6 Å². The third kappa shape index (κ3) is 5.07. The Balaban J connectivity index is 1.09. The summed E-state index contributed by atoms with van der Waals surface area (Å²) < 4.78 is 19.7. The smallest absolute Gasteiger partial charge is 0.336 e. The topological polar surface area (TPSA) is 103 Å². The van der Waals surface area contributed by atoms with E-state index in [-0.39, 0.29) is 23.7 Å². The number of likely N-dealkylation sites (tertiary alicyclic amines) is 1. The first-order valence-corrected chi connectivity index (χ1v) is 13.8. The van der Waals surface area contributed by atoms with Crippen molar-refractivity contribution in [2.45, 2.75) is 58.1 Å². The van der Waals surface area contributed by atoms with Gasteiger partial charge in [0, 0.05) is 68.1 Å². The predicted octanol–water partition coefficient (Wildman–Crippen LogP) is 2.98. The summed E-state index contributed by atoms with van der Waals surface area (Å²) in [4.78, 5) is 39.5. The largest absolute Gasteiger partial charge is 0.487 e. The van der Waals surface area contributed by atoms with Gasteiger partial charge in [0.1, 0.15) is 22.7 Å². The van der Waals surface area contributed by atoms with Gasteiger partial charge in [-0.1, -0.05) is 6.07 Å². The number of aryl methyl sites for hydroxylation is 2. The van der Waals surface area contributed by atoms with Gasteiger partial charge in [-0.25, -0.2) is 4.79 Å². The van der Waals surface area contributed by atoms with Gasteiger partial charge in [-0.15, -0.1) is 0 Å². The number of hydrogen-bond acceptors (Lipinski definition) is 7. The normalized spacial score (nSPS) is 21.5. The highest BCUT2D eigenvalue weighted by molar-refractivity contribution is 5.91. The molecule has 1 N–H and O–H groups in total. The Morgan fingerprint density at radius 3 is 2.87 bits per heavy atom. The molecule has 3 aliphatic rings. The van der Waals surface area contributed by atoms with Gasteiger partial charge >= 0.3 is 5.63 Å². The van der Waals surface area contributed by atoms with Crippen LogP contribution in [0, 0.1) is 12.8 Å². The molecule has 39 heavy (non-hydrogen) atoms. The molecule has 0 spiro atoms. The molecule has 1 amide bonds. The number of aromatic nitrogens is 1. The van der Waals surface area contributed by atoms with E-state index in [0.29, 0.717) is 40.8 Å². The maximum Gasteiger partial charge on any atom is 0.336 e. The van der Waals surface area contributed by atoms with E-state index in [9.17, 15) is 14.4 Å². The monoisotopic (exact) mass is 533 g/mol. The molecule has 3 aromatic rings. The zero-order valence-electron chi connectivity index (χ0n) is 22.7. The number of piperidine rings is 1. The third-order valence-corrected chi connectivity index (χ3v) is 8.27. The average molecular weight is 534 g/mol. The number of pyridine rings is 1. The lowest BCUT2D eigenvalue weighted by Crippen LogP contribution is -2.49. The van der Waals surface area contributed by atoms with Crippen molar-refractivity contribution in [3.8, 4) is 11.5 Å². The second kappa shape index (κ2) is 9.86. The Kier molecular flexibility index (Phi) is 6.49. The van der Waals surface area contributed by atoms with Crippen molar-refractivity contribution in [2.24, 2.45) is 5.92 Å². The molecule has 1 saturated heterocycles. The second-order valence-corrected chi connectivity index (χ2v) is 11.8. The molecule has 9 heteroatoms. The summed E-state index contributed by atoms with van der Waals surface area (Å²) >= 11 is 0. The Morgan fingerprint density at radius 2 is 2.03 bits per heavy atom. The molecule has 5 heterocycles.